The van der Waals surface area contributed by atoms with Gasteiger partial charge in [-0.1, -0.05) is 12.8 Å². The predicted molar refractivity (Wildman–Crippen MR) is 92.4 cm³/mol. The van der Waals surface area contributed by atoms with Gasteiger partial charge in [-0.2, -0.15) is 0 Å². The van der Waals surface area contributed by atoms with E-state index in [1.807, 2.05) is 0 Å². The van der Waals surface area contributed by atoms with Gasteiger partial charge < -0.3 is 20.8 Å². The molecule has 136 valence electrons. The maximum Gasteiger partial charge on any atom is 0.349 e. The van der Waals surface area contributed by atoms with E-state index in [0.717, 1.165) is 38.8 Å². The zero-order chi connectivity index (χ0) is 18.0. The van der Waals surface area contributed by atoms with Crippen molar-refractivity contribution < 1.29 is 14.0 Å². The number of nitrogens with two attached hydrogens (primary N) is 1. The van der Waals surface area contributed by atoms with E-state index in [2.05, 4.69) is 10.6 Å². The summed E-state index contributed by atoms with van der Waals surface area (Å²) < 4.78 is 5.44. The van der Waals surface area contributed by atoms with Crippen LogP contribution in [0.4, 0.5) is 0 Å². The van der Waals surface area contributed by atoms with E-state index in [9.17, 15) is 14.4 Å². The van der Waals surface area contributed by atoms with Gasteiger partial charge in [0.15, 0.2) is 0 Å². The number of primary amides is 1. The molecular weight excluding hydrogens is 322 g/mol. The summed E-state index contributed by atoms with van der Waals surface area (Å²) in [6.45, 7) is 3.45. The lowest BCUT2D eigenvalue weighted by molar-refractivity contribution is -0.123. The number of carbonyl (C=O) groups is 2. The Morgan fingerprint density at radius 3 is 2.60 bits per heavy atom. The summed E-state index contributed by atoms with van der Waals surface area (Å²) in [6.07, 6.45) is 4.63. The first-order valence-electron chi connectivity index (χ1n) is 8.91. The molecule has 1 aromatic heterocycles. The van der Waals surface area contributed by atoms with Crippen LogP contribution in [0.5, 0.6) is 0 Å². The standard InChI is InChI=1S/C18H25N3O4/c1-11-9-13(12-5-4-8-20-10-12)25-16(23)14(11)15(22)21-18(17(19)24)6-2-3-7-18/h9,12,20H,2-8,10H2,1H3,(H2,19,24)(H,21,22). The van der Waals surface area contributed by atoms with Gasteiger partial charge in [0.2, 0.25) is 5.91 Å². The number of piperidine rings is 1. The SMILES string of the molecule is Cc1cc(C2CCCNC2)oc(=O)c1C(=O)NC1(C(N)=O)CCCC1. The average molecular weight is 347 g/mol. The van der Waals surface area contributed by atoms with Crippen molar-refractivity contribution in [2.45, 2.75) is 56.9 Å². The second-order valence-electron chi connectivity index (χ2n) is 7.15. The molecule has 3 rings (SSSR count). The summed E-state index contributed by atoms with van der Waals surface area (Å²) in [5.74, 6) is -0.383. The van der Waals surface area contributed by atoms with Crippen LogP contribution in [0.25, 0.3) is 0 Å². The molecule has 2 fully saturated rings. The third-order valence-electron chi connectivity index (χ3n) is 5.38. The van der Waals surface area contributed by atoms with Crippen molar-refractivity contribution in [3.63, 3.8) is 0 Å². The van der Waals surface area contributed by atoms with E-state index in [-0.39, 0.29) is 11.5 Å². The molecule has 7 nitrogen and oxygen atoms in total. The van der Waals surface area contributed by atoms with Crippen LogP contribution < -0.4 is 22.0 Å². The zero-order valence-electron chi connectivity index (χ0n) is 14.5. The van der Waals surface area contributed by atoms with Gasteiger partial charge >= 0.3 is 5.63 Å². The minimum atomic E-state index is -1.05. The van der Waals surface area contributed by atoms with Crippen molar-refractivity contribution in [2.24, 2.45) is 5.73 Å². The van der Waals surface area contributed by atoms with Crippen molar-refractivity contribution >= 4 is 11.8 Å². The molecule has 2 heterocycles. The number of aryl methyl sites for hydroxylation is 1. The van der Waals surface area contributed by atoms with Gasteiger partial charge in [0, 0.05) is 12.5 Å². The average Bonchev–Trinajstić information content (AvgIpc) is 3.05. The molecule has 0 aromatic carbocycles. The first kappa shape index (κ1) is 17.7. The Hall–Kier alpha value is -2.15. The molecule has 25 heavy (non-hydrogen) atoms. The lowest BCUT2D eigenvalue weighted by Crippen LogP contribution is -2.56. The van der Waals surface area contributed by atoms with Crippen molar-refractivity contribution in [3.05, 3.63) is 33.4 Å². The molecule has 4 N–H and O–H groups in total. The van der Waals surface area contributed by atoms with E-state index in [0.29, 0.717) is 24.2 Å². The number of hydrogen-bond acceptors (Lipinski definition) is 5. The molecule has 1 saturated carbocycles. The lowest BCUT2D eigenvalue weighted by Gasteiger charge is -2.27. The van der Waals surface area contributed by atoms with Crippen LogP contribution in [0.1, 0.15) is 66.1 Å². The summed E-state index contributed by atoms with van der Waals surface area (Å²) in [7, 11) is 0. The number of nitrogens with one attached hydrogen (secondary N) is 2. The number of rotatable bonds is 4. The van der Waals surface area contributed by atoms with E-state index in [4.69, 9.17) is 10.2 Å². The molecule has 2 aliphatic rings. The first-order valence-corrected chi connectivity index (χ1v) is 8.91. The molecule has 1 saturated heterocycles. The summed E-state index contributed by atoms with van der Waals surface area (Å²) in [5.41, 5.74) is 4.30. The number of hydrogen-bond donors (Lipinski definition) is 3. The highest BCUT2D eigenvalue weighted by molar-refractivity contribution is 5.99. The Morgan fingerprint density at radius 1 is 1.32 bits per heavy atom. The molecule has 1 atom stereocenters. The Bertz CT molecular complexity index is 728. The fourth-order valence-corrected chi connectivity index (χ4v) is 3.89. The van der Waals surface area contributed by atoms with Crippen molar-refractivity contribution in [2.75, 3.05) is 13.1 Å². The van der Waals surface area contributed by atoms with Crippen LogP contribution in [0.15, 0.2) is 15.3 Å². The van der Waals surface area contributed by atoms with Gasteiger partial charge in [0.05, 0.1) is 0 Å². The normalized spacial score (nSPS) is 22.5. The lowest BCUT2D eigenvalue weighted by atomic mass is 9.94. The summed E-state index contributed by atoms with van der Waals surface area (Å²) in [5, 5.41) is 5.99. The van der Waals surface area contributed by atoms with E-state index in [1.165, 1.54) is 0 Å². The van der Waals surface area contributed by atoms with E-state index in [1.54, 1.807) is 13.0 Å². The van der Waals surface area contributed by atoms with Crippen molar-refractivity contribution in [1.29, 1.82) is 0 Å². The van der Waals surface area contributed by atoms with Crippen LogP contribution in [0, 0.1) is 6.92 Å². The third kappa shape index (κ3) is 3.46. The highest BCUT2D eigenvalue weighted by Gasteiger charge is 2.41. The molecular formula is C18H25N3O4. The third-order valence-corrected chi connectivity index (χ3v) is 5.38. The number of carbonyl (C=O) groups excluding carboxylic acids is 2. The Kier molecular flexibility index (Phi) is 4.94. The summed E-state index contributed by atoms with van der Waals surface area (Å²) >= 11 is 0. The monoisotopic (exact) mass is 347 g/mol. The van der Waals surface area contributed by atoms with Gasteiger partial charge in [-0.25, -0.2) is 4.79 Å². The van der Waals surface area contributed by atoms with Gasteiger partial charge in [-0.15, -0.1) is 0 Å². The summed E-state index contributed by atoms with van der Waals surface area (Å²) in [6, 6.07) is 1.76. The highest BCUT2D eigenvalue weighted by Crippen LogP contribution is 2.30. The predicted octanol–water partition coefficient (Wildman–Crippen LogP) is 0.943. The maximum absolute atomic E-state index is 12.6. The highest BCUT2D eigenvalue weighted by atomic mass is 16.4. The van der Waals surface area contributed by atoms with Gasteiger partial charge in [-0.05, 0) is 50.8 Å². The Labute approximate surface area is 146 Å². The van der Waals surface area contributed by atoms with Crippen LogP contribution in [0.2, 0.25) is 0 Å². The molecule has 1 aromatic rings. The molecule has 2 amide bonds. The Balaban J connectivity index is 1.85. The zero-order valence-corrected chi connectivity index (χ0v) is 14.5. The Morgan fingerprint density at radius 2 is 2.04 bits per heavy atom. The molecule has 0 spiro atoms. The second-order valence-corrected chi connectivity index (χ2v) is 7.15. The van der Waals surface area contributed by atoms with Crippen LogP contribution in [-0.2, 0) is 4.79 Å². The largest absolute Gasteiger partial charge is 0.427 e. The van der Waals surface area contributed by atoms with E-state index < -0.39 is 23.0 Å². The molecule has 1 unspecified atom stereocenters. The van der Waals surface area contributed by atoms with Crippen molar-refractivity contribution in [1.82, 2.24) is 10.6 Å². The molecule has 7 heteroatoms. The van der Waals surface area contributed by atoms with E-state index >= 15 is 0 Å². The van der Waals surface area contributed by atoms with Gasteiger partial charge in [0.1, 0.15) is 16.9 Å². The molecule has 0 radical (unpaired) electrons. The second kappa shape index (κ2) is 7.00. The summed E-state index contributed by atoms with van der Waals surface area (Å²) in [4.78, 5) is 36.9. The van der Waals surface area contributed by atoms with Crippen molar-refractivity contribution in [3.8, 4) is 0 Å². The van der Waals surface area contributed by atoms with Crippen LogP contribution >= 0.6 is 0 Å². The van der Waals surface area contributed by atoms with Crippen LogP contribution in [-0.4, -0.2) is 30.4 Å². The number of amides is 2. The topological polar surface area (TPSA) is 114 Å². The quantitative estimate of drug-likeness (QED) is 0.750. The maximum atomic E-state index is 12.6. The fourth-order valence-electron chi connectivity index (χ4n) is 3.89. The van der Waals surface area contributed by atoms with Crippen LogP contribution in [0.3, 0.4) is 0 Å². The first-order chi connectivity index (χ1) is 11.9. The molecule has 0 bridgehead atoms. The minimum absolute atomic E-state index is 0.0416. The van der Waals surface area contributed by atoms with Gasteiger partial charge in [-0.3, -0.25) is 9.59 Å². The molecule has 1 aliphatic heterocycles. The molecule has 1 aliphatic carbocycles. The fraction of sp³-hybridized carbons (Fsp3) is 0.611. The van der Waals surface area contributed by atoms with Gasteiger partial charge in [0.25, 0.3) is 5.91 Å². The smallest absolute Gasteiger partial charge is 0.349 e. The minimum Gasteiger partial charge on any atom is -0.427 e.